The first kappa shape index (κ1) is 36.5. The van der Waals surface area contributed by atoms with Crippen LogP contribution in [0.1, 0.15) is 52.4 Å². The summed E-state index contributed by atoms with van der Waals surface area (Å²) in [7, 11) is 0. The zero-order valence-electron chi connectivity index (χ0n) is 22.9. The number of nitrogens with one attached hydrogen (secondary N) is 4. The average molecular weight is 589 g/mol. The summed E-state index contributed by atoms with van der Waals surface area (Å²) in [6.07, 6.45) is -0.790. The van der Waals surface area contributed by atoms with Crippen LogP contribution >= 0.6 is 0 Å². The van der Waals surface area contributed by atoms with E-state index in [1.165, 1.54) is 0 Å². The Hall–Kier alpha value is -4.48. The maximum absolute atomic E-state index is 13.1. The van der Waals surface area contributed by atoms with Gasteiger partial charge < -0.3 is 53.8 Å². The lowest BCUT2D eigenvalue weighted by Crippen LogP contribution is -2.58. The zero-order valence-corrected chi connectivity index (χ0v) is 22.9. The van der Waals surface area contributed by atoms with Crippen LogP contribution in [0, 0.1) is 5.92 Å². The number of nitrogens with zero attached hydrogens (tertiary/aromatic N) is 1. The number of hydrogen-bond acceptors (Lipinski definition) is 9. The molecule has 0 fully saturated rings. The van der Waals surface area contributed by atoms with Gasteiger partial charge in [-0.3, -0.25) is 33.8 Å². The summed E-state index contributed by atoms with van der Waals surface area (Å²) in [5, 5.41) is 35.9. The predicted molar refractivity (Wildman–Crippen MR) is 143 cm³/mol. The highest BCUT2D eigenvalue weighted by molar-refractivity contribution is 5.95. The summed E-state index contributed by atoms with van der Waals surface area (Å²) in [6.45, 7) is 2.88. The van der Waals surface area contributed by atoms with Crippen LogP contribution in [0.4, 0.5) is 0 Å². The van der Waals surface area contributed by atoms with Crippen molar-refractivity contribution in [3.63, 3.8) is 0 Å². The lowest BCUT2D eigenvalue weighted by atomic mass is 9.97. The van der Waals surface area contributed by atoms with Gasteiger partial charge in [0.1, 0.15) is 18.1 Å². The second-order valence-electron chi connectivity index (χ2n) is 9.19. The molecule has 5 atom stereocenters. The monoisotopic (exact) mass is 588 g/mol. The molecule has 0 radical (unpaired) electrons. The van der Waals surface area contributed by atoms with E-state index in [0.29, 0.717) is 12.8 Å². The van der Waals surface area contributed by atoms with Gasteiger partial charge in [0.05, 0.1) is 19.0 Å². The van der Waals surface area contributed by atoms with Gasteiger partial charge in [-0.25, -0.2) is 4.79 Å². The summed E-state index contributed by atoms with van der Waals surface area (Å²) >= 11 is 0. The molecule has 0 spiro atoms. The molecule has 0 unspecified atom stereocenters. The first-order valence-electron chi connectivity index (χ1n) is 12.7. The van der Waals surface area contributed by atoms with Crippen molar-refractivity contribution in [3.05, 3.63) is 0 Å². The summed E-state index contributed by atoms with van der Waals surface area (Å²) in [4.78, 5) is 87.3. The van der Waals surface area contributed by atoms with Crippen LogP contribution in [0.2, 0.25) is 0 Å². The number of aliphatic imine (C=N–C) groups is 1. The summed E-state index contributed by atoms with van der Waals surface area (Å²) in [5.41, 5.74) is 16.4. The fourth-order valence-corrected chi connectivity index (χ4v) is 3.32. The minimum atomic E-state index is -1.75. The van der Waals surface area contributed by atoms with Gasteiger partial charge >= 0.3 is 17.9 Å². The van der Waals surface area contributed by atoms with Crippen LogP contribution in [0.5, 0.6) is 0 Å². The number of carboxylic acid groups (broad SMARTS) is 3. The van der Waals surface area contributed by atoms with Crippen molar-refractivity contribution in [3.8, 4) is 0 Å². The predicted octanol–water partition coefficient (Wildman–Crippen LogP) is -3.59. The van der Waals surface area contributed by atoms with Crippen molar-refractivity contribution in [1.29, 1.82) is 0 Å². The van der Waals surface area contributed by atoms with Crippen molar-refractivity contribution in [2.24, 2.45) is 28.1 Å². The van der Waals surface area contributed by atoms with Crippen LogP contribution in [-0.4, -0.2) is 100 Å². The van der Waals surface area contributed by atoms with E-state index >= 15 is 0 Å². The molecule has 0 aromatic rings. The van der Waals surface area contributed by atoms with Gasteiger partial charge in [-0.15, -0.1) is 0 Å². The molecule has 0 aromatic heterocycles. The zero-order chi connectivity index (χ0) is 31.7. The second-order valence-corrected chi connectivity index (χ2v) is 9.19. The molecule has 0 aliphatic heterocycles. The normalized spacial score (nSPS) is 14.2. The maximum atomic E-state index is 13.1. The standard InChI is InChI=1S/C23H40N8O10/c1-3-11(2)18(31-19(37)12(24)5-4-8-27-23(25)26)21(39)30-13(6-7-16(33)34)20(38)28-10-15(32)29-14(22(40)41)9-17(35)36/h11-14,18H,3-10,24H2,1-2H3,(H,28,38)(H,29,32)(H,30,39)(H,31,37)(H,33,34)(H,35,36)(H,40,41)(H4,25,26,27)/t11-,12-,13-,14-,18-/m0/s1. The number of nitrogens with two attached hydrogens (primary N) is 3. The van der Waals surface area contributed by atoms with Crippen LogP contribution < -0.4 is 38.5 Å². The van der Waals surface area contributed by atoms with Crippen molar-refractivity contribution in [2.45, 2.75) is 76.5 Å². The highest BCUT2D eigenvalue weighted by atomic mass is 16.4. The lowest BCUT2D eigenvalue weighted by molar-refractivity contribution is -0.147. The average Bonchev–Trinajstić information content (AvgIpc) is 2.88. The Balaban J connectivity index is 5.43. The fraction of sp³-hybridized carbons (Fsp3) is 0.652. The number of carboxylic acids is 3. The number of aliphatic carboxylic acids is 3. The van der Waals surface area contributed by atoms with Gasteiger partial charge in [-0.2, -0.15) is 0 Å². The molecule has 0 saturated heterocycles. The molecule has 18 nitrogen and oxygen atoms in total. The summed E-state index contributed by atoms with van der Waals surface area (Å²) in [6, 6.07) is -5.34. The highest BCUT2D eigenvalue weighted by Gasteiger charge is 2.31. The van der Waals surface area contributed by atoms with Crippen LogP contribution in [-0.2, 0) is 33.6 Å². The van der Waals surface area contributed by atoms with E-state index < -0.39 is 91.0 Å². The first-order valence-corrected chi connectivity index (χ1v) is 12.7. The van der Waals surface area contributed by atoms with Gasteiger partial charge in [0.15, 0.2) is 5.96 Å². The Morgan fingerprint density at radius 1 is 0.829 bits per heavy atom. The van der Waals surface area contributed by atoms with E-state index in [4.69, 9.17) is 32.5 Å². The van der Waals surface area contributed by atoms with Crippen LogP contribution in [0.15, 0.2) is 4.99 Å². The minimum absolute atomic E-state index is 0.110. The van der Waals surface area contributed by atoms with E-state index in [2.05, 4.69) is 20.9 Å². The van der Waals surface area contributed by atoms with E-state index in [9.17, 15) is 33.6 Å². The number of carbonyl (C=O) groups excluding carboxylic acids is 4. The van der Waals surface area contributed by atoms with Crippen LogP contribution in [0.3, 0.4) is 0 Å². The molecule has 0 bridgehead atoms. The van der Waals surface area contributed by atoms with E-state index in [1.807, 2.05) is 5.32 Å². The third kappa shape index (κ3) is 15.6. The van der Waals surface area contributed by atoms with E-state index in [1.54, 1.807) is 13.8 Å². The van der Waals surface area contributed by atoms with Gasteiger partial charge in [0.25, 0.3) is 0 Å². The van der Waals surface area contributed by atoms with Crippen molar-refractivity contribution in [2.75, 3.05) is 13.1 Å². The number of carbonyl (C=O) groups is 7. The molecule has 13 N–H and O–H groups in total. The fourth-order valence-electron chi connectivity index (χ4n) is 3.32. The van der Waals surface area contributed by atoms with Crippen LogP contribution in [0.25, 0.3) is 0 Å². The highest BCUT2D eigenvalue weighted by Crippen LogP contribution is 2.10. The van der Waals surface area contributed by atoms with Gasteiger partial charge in [0.2, 0.25) is 23.6 Å². The Bertz CT molecular complexity index is 985. The second kappa shape index (κ2) is 18.7. The van der Waals surface area contributed by atoms with Crippen molar-refractivity contribution in [1.82, 2.24) is 21.3 Å². The Labute approximate surface area is 235 Å². The van der Waals surface area contributed by atoms with E-state index in [0.717, 1.165) is 0 Å². The van der Waals surface area contributed by atoms with Gasteiger partial charge in [-0.1, -0.05) is 20.3 Å². The third-order valence-corrected chi connectivity index (χ3v) is 5.81. The minimum Gasteiger partial charge on any atom is -0.481 e. The Kier molecular flexibility index (Phi) is 16.7. The Morgan fingerprint density at radius 3 is 1.98 bits per heavy atom. The SMILES string of the molecule is CC[C@H](C)[C@H](NC(=O)[C@@H](N)CCCN=C(N)N)C(=O)N[C@@H](CCC(=O)O)C(=O)NCC(=O)N[C@@H](CC(=O)O)C(=O)O. The maximum Gasteiger partial charge on any atom is 0.326 e. The molecule has 0 aliphatic carbocycles. The number of rotatable bonds is 20. The molecule has 0 aliphatic rings. The topological polar surface area (TPSA) is 319 Å². The molecule has 41 heavy (non-hydrogen) atoms. The number of guanidine groups is 1. The van der Waals surface area contributed by atoms with Gasteiger partial charge in [0, 0.05) is 13.0 Å². The molecular weight excluding hydrogens is 548 g/mol. The smallest absolute Gasteiger partial charge is 0.326 e. The lowest BCUT2D eigenvalue weighted by Gasteiger charge is -2.27. The number of amides is 4. The van der Waals surface area contributed by atoms with Crippen molar-refractivity contribution >= 4 is 47.5 Å². The molecule has 18 heteroatoms. The molecular formula is C23H40N8O10. The molecule has 0 aromatic carbocycles. The largest absolute Gasteiger partial charge is 0.481 e. The molecule has 0 heterocycles. The third-order valence-electron chi connectivity index (χ3n) is 5.81. The molecule has 232 valence electrons. The molecule has 4 amide bonds. The Morgan fingerprint density at radius 2 is 1.46 bits per heavy atom. The summed E-state index contributed by atoms with van der Waals surface area (Å²) < 4.78 is 0. The van der Waals surface area contributed by atoms with Gasteiger partial charge in [-0.05, 0) is 25.2 Å². The molecule has 0 rings (SSSR count). The molecule has 0 saturated carbocycles. The van der Waals surface area contributed by atoms with E-state index in [-0.39, 0.29) is 25.3 Å². The van der Waals surface area contributed by atoms with Crippen molar-refractivity contribution < 1.29 is 48.9 Å². The number of hydrogen-bond donors (Lipinski definition) is 10. The summed E-state index contributed by atoms with van der Waals surface area (Å²) in [5.74, 6) is -8.34. The quantitative estimate of drug-likeness (QED) is 0.0374. The first-order chi connectivity index (χ1) is 19.1.